The van der Waals surface area contributed by atoms with Crippen LogP contribution in [0.1, 0.15) is 12.5 Å². The van der Waals surface area contributed by atoms with Crippen molar-refractivity contribution < 1.29 is 9.09 Å². The van der Waals surface area contributed by atoms with Gasteiger partial charge in [-0.3, -0.25) is 4.57 Å². The highest BCUT2D eigenvalue weighted by atomic mass is 31.1. The molecule has 0 saturated carbocycles. The smallest absolute Gasteiger partial charge is 0.191 e. The van der Waals surface area contributed by atoms with Crippen LogP contribution in [0, 0.1) is 0 Å². The molecular formula is C14H17O2P. The second kappa shape index (κ2) is 6.00. The zero-order valence-corrected chi connectivity index (χ0v) is 11.0. The molecular weight excluding hydrogens is 231 g/mol. The molecule has 2 aromatic carbocycles. The molecule has 0 aliphatic carbocycles. The standard InChI is InChI=1S/C14H17O2P/c1-2-16-17(15)10-9-12-7-8-13-5-3-4-6-14(13)11-12/h3-8,11,17H,2,9-10H2,1H3. The number of hydrogen-bond donors (Lipinski definition) is 0. The van der Waals surface area contributed by atoms with Crippen molar-refractivity contribution in [1.82, 2.24) is 0 Å². The molecule has 2 aromatic rings. The van der Waals surface area contributed by atoms with Gasteiger partial charge < -0.3 is 4.52 Å². The molecule has 0 spiro atoms. The molecule has 2 nitrogen and oxygen atoms in total. The van der Waals surface area contributed by atoms with Gasteiger partial charge in [-0.1, -0.05) is 42.5 Å². The Kier molecular flexibility index (Phi) is 4.36. The van der Waals surface area contributed by atoms with Crippen molar-refractivity contribution in [3.63, 3.8) is 0 Å². The third-order valence-corrected chi connectivity index (χ3v) is 4.01. The van der Waals surface area contributed by atoms with Crippen molar-refractivity contribution in [1.29, 1.82) is 0 Å². The van der Waals surface area contributed by atoms with E-state index in [1.807, 2.05) is 19.1 Å². The monoisotopic (exact) mass is 248 g/mol. The minimum Gasteiger partial charge on any atom is -0.331 e. The quantitative estimate of drug-likeness (QED) is 0.750. The van der Waals surface area contributed by atoms with Crippen molar-refractivity contribution in [2.24, 2.45) is 0 Å². The highest BCUT2D eigenvalue weighted by Crippen LogP contribution is 2.24. The molecule has 0 bridgehead atoms. The zero-order valence-electron chi connectivity index (χ0n) is 9.98. The van der Waals surface area contributed by atoms with E-state index in [0.29, 0.717) is 12.8 Å². The SMILES string of the molecule is CCO[PH](=O)CCc1ccc2ccccc2c1. The Morgan fingerprint density at radius 1 is 1.12 bits per heavy atom. The maximum absolute atomic E-state index is 11.4. The Morgan fingerprint density at radius 2 is 1.88 bits per heavy atom. The zero-order chi connectivity index (χ0) is 12.1. The Labute approximate surface area is 102 Å². The summed E-state index contributed by atoms with van der Waals surface area (Å²) in [7, 11) is -1.84. The Hall–Kier alpha value is -1.11. The van der Waals surface area contributed by atoms with E-state index in [9.17, 15) is 4.57 Å². The number of hydrogen-bond acceptors (Lipinski definition) is 2. The van der Waals surface area contributed by atoms with Gasteiger partial charge in [-0.05, 0) is 29.7 Å². The number of aryl methyl sites for hydroxylation is 1. The highest BCUT2D eigenvalue weighted by Gasteiger charge is 2.01. The average Bonchev–Trinajstić information content (AvgIpc) is 2.36. The molecule has 0 heterocycles. The number of benzene rings is 2. The van der Waals surface area contributed by atoms with E-state index in [1.165, 1.54) is 16.3 Å². The van der Waals surface area contributed by atoms with Gasteiger partial charge in [0.25, 0.3) is 0 Å². The Morgan fingerprint density at radius 3 is 2.65 bits per heavy atom. The van der Waals surface area contributed by atoms with Gasteiger partial charge in [0.15, 0.2) is 8.03 Å². The van der Waals surface area contributed by atoms with Crippen LogP contribution >= 0.6 is 8.03 Å². The molecule has 0 N–H and O–H groups in total. The lowest BCUT2D eigenvalue weighted by molar-refractivity contribution is 0.350. The lowest BCUT2D eigenvalue weighted by atomic mass is 10.1. The molecule has 0 aliphatic heterocycles. The van der Waals surface area contributed by atoms with E-state index in [1.54, 1.807) is 0 Å². The van der Waals surface area contributed by atoms with E-state index in [2.05, 4.69) is 30.3 Å². The first kappa shape index (κ1) is 12.3. The molecule has 0 radical (unpaired) electrons. The van der Waals surface area contributed by atoms with Crippen LogP contribution in [0.2, 0.25) is 0 Å². The molecule has 1 atom stereocenters. The maximum Gasteiger partial charge on any atom is 0.191 e. The molecule has 0 fully saturated rings. The fourth-order valence-electron chi connectivity index (χ4n) is 1.87. The first-order valence-electron chi connectivity index (χ1n) is 5.93. The van der Waals surface area contributed by atoms with Crippen LogP contribution in [0.25, 0.3) is 10.8 Å². The van der Waals surface area contributed by atoms with E-state index in [0.717, 1.165) is 6.42 Å². The predicted molar refractivity (Wildman–Crippen MR) is 73.1 cm³/mol. The van der Waals surface area contributed by atoms with Gasteiger partial charge in [-0.2, -0.15) is 0 Å². The summed E-state index contributed by atoms with van der Waals surface area (Å²) in [4.78, 5) is 0. The first-order chi connectivity index (χ1) is 8.29. The molecule has 0 saturated heterocycles. The van der Waals surface area contributed by atoms with Crippen LogP contribution in [0.4, 0.5) is 0 Å². The van der Waals surface area contributed by atoms with Gasteiger partial charge in [-0.25, -0.2) is 0 Å². The van der Waals surface area contributed by atoms with Gasteiger partial charge in [0.05, 0.1) is 6.61 Å². The topological polar surface area (TPSA) is 26.3 Å². The van der Waals surface area contributed by atoms with E-state index in [-0.39, 0.29) is 0 Å². The summed E-state index contributed by atoms with van der Waals surface area (Å²) < 4.78 is 16.5. The average molecular weight is 248 g/mol. The van der Waals surface area contributed by atoms with Crippen LogP contribution in [-0.4, -0.2) is 12.8 Å². The molecule has 1 unspecified atom stereocenters. The van der Waals surface area contributed by atoms with Crippen molar-refractivity contribution >= 4 is 18.8 Å². The Balaban J connectivity index is 2.06. The van der Waals surface area contributed by atoms with E-state index < -0.39 is 8.03 Å². The second-order valence-electron chi connectivity index (χ2n) is 3.99. The summed E-state index contributed by atoms with van der Waals surface area (Å²) >= 11 is 0. The highest BCUT2D eigenvalue weighted by molar-refractivity contribution is 7.39. The summed E-state index contributed by atoms with van der Waals surface area (Å²) in [5.41, 5.74) is 1.22. The molecule has 17 heavy (non-hydrogen) atoms. The molecule has 0 aliphatic rings. The third kappa shape index (κ3) is 3.42. The normalized spacial score (nSPS) is 12.8. The lowest BCUT2D eigenvalue weighted by Crippen LogP contribution is -1.90. The minimum atomic E-state index is -1.84. The second-order valence-corrected chi connectivity index (χ2v) is 5.52. The maximum atomic E-state index is 11.4. The lowest BCUT2D eigenvalue weighted by Gasteiger charge is -2.04. The van der Waals surface area contributed by atoms with Gasteiger partial charge in [0.2, 0.25) is 0 Å². The molecule has 0 amide bonds. The predicted octanol–water partition coefficient (Wildman–Crippen LogP) is 3.89. The largest absolute Gasteiger partial charge is 0.331 e. The summed E-state index contributed by atoms with van der Waals surface area (Å²) in [5, 5.41) is 2.48. The summed E-state index contributed by atoms with van der Waals surface area (Å²) in [6.07, 6.45) is 1.46. The van der Waals surface area contributed by atoms with E-state index >= 15 is 0 Å². The molecule has 90 valence electrons. The van der Waals surface area contributed by atoms with Gasteiger partial charge in [0.1, 0.15) is 0 Å². The third-order valence-electron chi connectivity index (χ3n) is 2.74. The first-order valence-corrected chi connectivity index (χ1v) is 7.45. The van der Waals surface area contributed by atoms with Gasteiger partial charge >= 0.3 is 0 Å². The van der Waals surface area contributed by atoms with Crippen molar-refractivity contribution in [2.45, 2.75) is 13.3 Å². The van der Waals surface area contributed by atoms with Gasteiger partial charge in [0, 0.05) is 6.16 Å². The van der Waals surface area contributed by atoms with Crippen LogP contribution < -0.4 is 0 Å². The summed E-state index contributed by atoms with van der Waals surface area (Å²) in [5.74, 6) is 0. The fraction of sp³-hybridized carbons (Fsp3) is 0.286. The van der Waals surface area contributed by atoms with Crippen molar-refractivity contribution in [2.75, 3.05) is 12.8 Å². The Bertz CT molecular complexity index is 522. The number of fused-ring (bicyclic) bond motifs is 1. The van der Waals surface area contributed by atoms with E-state index in [4.69, 9.17) is 4.52 Å². The summed E-state index contributed by atoms with van der Waals surface area (Å²) in [6.45, 7) is 2.41. The van der Waals surface area contributed by atoms with Crippen LogP contribution in [-0.2, 0) is 15.5 Å². The van der Waals surface area contributed by atoms with Crippen molar-refractivity contribution in [3.05, 3.63) is 48.0 Å². The fourth-order valence-corrected chi connectivity index (χ4v) is 2.83. The van der Waals surface area contributed by atoms with Gasteiger partial charge in [-0.15, -0.1) is 0 Å². The van der Waals surface area contributed by atoms with Crippen molar-refractivity contribution in [3.8, 4) is 0 Å². The minimum absolute atomic E-state index is 0.537. The van der Waals surface area contributed by atoms with Crippen LogP contribution in [0.5, 0.6) is 0 Å². The number of rotatable bonds is 5. The molecule has 3 heteroatoms. The molecule has 2 rings (SSSR count). The van der Waals surface area contributed by atoms with Crippen LogP contribution in [0.15, 0.2) is 42.5 Å². The van der Waals surface area contributed by atoms with Crippen LogP contribution in [0.3, 0.4) is 0 Å². The summed E-state index contributed by atoms with van der Waals surface area (Å²) in [6, 6.07) is 14.7. The molecule has 0 aromatic heterocycles.